The van der Waals surface area contributed by atoms with Crippen molar-refractivity contribution in [1.29, 1.82) is 0 Å². The molecule has 10 aromatic rings. The molecule has 306 valence electrons. The van der Waals surface area contributed by atoms with Gasteiger partial charge in [-0.2, -0.15) is 0 Å². The van der Waals surface area contributed by atoms with Crippen LogP contribution >= 0.6 is 0 Å². The van der Waals surface area contributed by atoms with Crippen molar-refractivity contribution in [2.75, 3.05) is 9.80 Å². The average Bonchev–Trinajstić information content (AvgIpc) is 3.62. The summed E-state index contributed by atoms with van der Waals surface area (Å²) >= 11 is 0. The molecule has 0 saturated carbocycles. The van der Waals surface area contributed by atoms with Crippen LogP contribution in [-0.2, 0) is 5.41 Å². The normalized spacial score (nSPS) is 13.9. The molecule has 1 aliphatic carbocycles. The van der Waals surface area contributed by atoms with E-state index in [9.17, 15) is 0 Å². The van der Waals surface area contributed by atoms with E-state index in [-0.39, 0.29) is 5.41 Å². The molecule has 64 heavy (non-hydrogen) atoms. The maximum atomic E-state index is 2.44. The highest BCUT2D eigenvalue weighted by Crippen LogP contribution is 2.53. The van der Waals surface area contributed by atoms with Gasteiger partial charge in [0, 0.05) is 39.3 Å². The van der Waals surface area contributed by atoms with Gasteiger partial charge in [0.25, 0.3) is 0 Å². The van der Waals surface area contributed by atoms with Crippen molar-refractivity contribution < 1.29 is 0 Å². The summed E-state index contributed by atoms with van der Waals surface area (Å²) in [6.45, 7) is 4.72. The first kappa shape index (κ1) is 38.9. The molecule has 0 fully saturated rings. The zero-order chi connectivity index (χ0) is 43.0. The molecule has 0 N–H and O–H groups in total. The van der Waals surface area contributed by atoms with Crippen molar-refractivity contribution in [2.24, 2.45) is 0 Å². The quantitative estimate of drug-likeness (QED) is 0.136. The molecule has 0 aromatic heterocycles. The zero-order valence-electron chi connectivity index (χ0n) is 36.2. The first-order valence-corrected chi connectivity index (χ1v) is 22.4. The molecule has 0 saturated heterocycles. The molecule has 0 radical (unpaired) electrons. The second-order valence-electron chi connectivity index (χ2n) is 17.0. The minimum Gasteiger partial charge on any atom is -0.310 e. The predicted octanol–water partition coefficient (Wildman–Crippen LogP) is 17.5. The number of nitrogens with zero attached hydrogens (tertiary/aromatic N) is 2. The third-order valence-corrected chi connectivity index (χ3v) is 13.4. The topological polar surface area (TPSA) is 6.48 Å². The molecule has 2 heteroatoms. The molecular formula is C62H48N2. The lowest BCUT2D eigenvalue weighted by atomic mass is 9.78. The van der Waals surface area contributed by atoms with Crippen molar-refractivity contribution >= 4 is 44.9 Å². The van der Waals surface area contributed by atoms with Crippen molar-refractivity contribution in [3.05, 3.63) is 254 Å². The Hall–Kier alpha value is -7.94. The van der Waals surface area contributed by atoms with Crippen molar-refractivity contribution in [1.82, 2.24) is 0 Å². The highest BCUT2D eigenvalue weighted by Gasteiger charge is 2.38. The third kappa shape index (κ3) is 6.85. The summed E-state index contributed by atoms with van der Waals surface area (Å²) in [5.41, 5.74) is 19.2. The largest absolute Gasteiger partial charge is 0.310 e. The lowest BCUT2D eigenvalue weighted by Gasteiger charge is -2.30. The van der Waals surface area contributed by atoms with Crippen molar-refractivity contribution in [2.45, 2.75) is 25.7 Å². The van der Waals surface area contributed by atoms with Crippen LogP contribution in [0.15, 0.2) is 243 Å². The van der Waals surface area contributed by atoms with Gasteiger partial charge in [0.15, 0.2) is 0 Å². The lowest BCUT2D eigenvalue weighted by molar-refractivity contribution is 0.564. The van der Waals surface area contributed by atoms with E-state index in [1.807, 2.05) is 0 Å². The Morgan fingerprint density at radius 2 is 0.750 bits per heavy atom. The summed E-state index contributed by atoms with van der Waals surface area (Å²) in [5.74, 6) is 0. The Kier molecular flexibility index (Phi) is 9.98. The molecule has 1 aliphatic rings. The van der Waals surface area contributed by atoms with Crippen LogP contribution in [0.1, 0.15) is 31.4 Å². The second-order valence-corrected chi connectivity index (χ2v) is 17.0. The Morgan fingerprint density at radius 1 is 0.312 bits per heavy atom. The van der Waals surface area contributed by atoms with E-state index in [1.54, 1.807) is 0 Å². The molecule has 0 spiro atoms. The number of rotatable bonds is 10. The van der Waals surface area contributed by atoms with Crippen LogP contribution in [0, 0.1) is 0 Å². The maximum absolute atomic E-state index is 2.44. The number of para-hydroxylation sites is 4. The van der Waals surface area contributed by atoms with Crippen LogP contribution < -0.4 is 9.80 Å². The van der Waals surface area contributed by atoms with Gasteiger partial charge in [-0.3, -0.25) is 0 Å². The highest BCUT2D eigenvalue weighted by atomic mass is 15.1. The van der Waals surface area contributed by atoms with E-state index in [4.69, 9.17) is 0 Å². The molecule has 11 rings (SSSR count). The Bertz CT molecular complexity index is 3260. The summed E-state index contributed by atoms with van der Waals surface area (Å²) in [5, 5.41) is 2.50. The molecule has 1 unspecified atom stereocenters. The third-order valence-electron chi connectivity index (χ3n) is 13.4. The number of hydrogen-bond donors (Lipinski definition) is 0. The van der Waals surface area contributed by atoms with Gasteiger partial charge >= 0.3 is 0 Å². The van der Waals surface area contributed by atoms with Crippen molar-refractivity contribution in [3.8, 4) is 44.5 Å². The van der Waals surface area contributed by atoms with Gasteiger partial charge in [0.1, 0.15) is 0 Å². The fourth-order valence-electron chi connectivity index (χ4n) is 9.92. The predicted molar refractivity (Wildman–Crippen MR) is 272 cm³/mol. The van der Waals surface area contributed by atoms with E-state index >= 15 is 0 Å². The molecule has 1 atom stereocenters. The summed E-state index contributed by atoms with van der Waals surface area (Å²) in [7, 11) is 0. The van der Waals surface area contributed by atoms with Gasteiger partial charge in [-0.25, -0.2) is 0 Å². The van der Waals surface area contributed by atoms with Gasteiger partial charge in [0.05, 0.1) is 11.4 Å². The van der Waals surface area contributed by atoms with Crippen LogP contribution in [0.5, 0.6) is 0 Å². The van der Waals surface area contributed by atoms with Crippen LogP contribution in [0.25, 0.3) is 55.3 Å². The fraction of sp³-hybridized carbons (Fsp3) is 0.0645. The Balaban J connectivity index is 0.965. The lowest BCUT2D eigenvalue weighted by Crippen LogP contribution is -2.20. The number of fused-ring (bicyclic) bond motifs is 4. The van der Waals surface area contributed by atoms with E-state index < -0.39 is 0 Å². The summed E-state index contributed by atoms with van der Waals surface area (Å²) in [6.07, 6.45) is 1.03. The summed E-state index contributed by atoms with van der Waals surface area (Å²) in [6, 6.07) is 88.5. The monoisotopic (exact) mass is 820 g/mol. The maximum Gasteiger partial charge on any atom is 0.0540 e. The van der Waals surface area contributed by atoms with E-state index in [1.165, 1.54) is 49.7 Å². The summed E-state index contributed by atoms with van der Waals surface area (Å²) in [4.78, 5) is 4.81. The first-order valence-electron chi connectivity index (χ1n) is 22.4. The van der Waals surface area contributed by atoms with Crippen LogP contribution in [0.3, 0.4) is 0 Å². The van der Waals surface area contributed by atoms with Crippen LogP contribution in [0.4, 0.5) is 34.1 Å². The minimum atomic E-state index is -0.0621. The molecule has 2 nitrogen and oxygen atoms in total. The molecule has 0 heterocycles. The van der Waals surface area contributed by atoms with E-state index in [0.717, 1.165) is 57.2 Å². The Morgan fingerprint density at radius 3 is 1.36 bits per heavy atom. The average molecular weight is 821 g/mol. The zero-order valence-corrected chi connectivity index (χ0v) is 36.2. The standard InChI is InChI=1S/C62H48N2/c1-3-62(2)58-27-15-12-26-56(58)57-41-40-53(43-59(57)62)64(51-22-8-5-9-23-51)61-29-17-14-25-55(61)47-33-31-46(32-34-47)54-24-13-16-28-60(54)63(50-20-6-4-7-21-50)52-38-36-45(37-39-52)49-35-30-44-18-10-11-19-48(44)42-49/h4-43H,3H2,1-2H3. The van der Waals surface area contributed by atoms with Crippen LogP contribution in [-0.4, -0.2) is 0 Å². The van der Waals surface area contributed by atoms with E-state index in [0.29, 0.717) is 0 Å². The second kappa shape index (κ2) is 16.4. The first-order chi connectivity index (χ1) is 31.6. The van der Waals surface area contributed by atoms with Gasteiger partial charge in [-0.15, -0.1) is 0 Å². The fourth-order valence-corrected chi connectivity index (χ4v) is 9.92. The van der Waals surface area contributed by atoms with Crippen LogP contribution in [0.2, 0.25) is 0 Å². The molecule has 10 aromatic carbocycles. The number of benzene rings is 10. The van der Waals surface area contributed by atoms with Crippen molar-refractivity contribution in [3.63, 3.8) is 0 Å². The smallest absolute Gasteiger partial charge is 0.0540 e. The SMILES string of the molecule is CCC1(C)c2ccccc2-c2ccc(N(c3ccccc3)c3ccccc3-c3ccc(-c4ccccc4N(c4ccccc4)c4ccc(-c5ccc6ccccc6c5)cc4)cc3)cc21. The number of hydrogen-bond acceptors (Lipinski definition) is 2. The molecule has 0 amide bonds. The van der Waals surface area contributed by atoms with E-state index in [2.05, 4.69) is 266 Å². The van der Waals surface area contributed by atoms with Gasteiger partial charge in [-0.05, 0) is 128 Å². The molecule has 0 bridgehead atoms. The van der Waals surface area contributed by atoms with Gasteiger partial charge < -0.3 is 9.80 Å². The number of anilines is 6. The van der Waals surface area contributed by atoms with Gasteiger partial charge in [0.2, 0.25) is 0 Å². The Labute approximate surface area is 377 Å². The molecule has 0 aliphatic heterocycles. The van der Waals surface area contributed by atoms with Gasteiger partial charge in [-0.1, -0.05) is 190 Å². The highest BCUT2D eigenvalue weighted by molar-refractivity contribution is 5.93. The summed E-state index contributed by atoms with van der Waals surface area (Å²) < 4.78 is 0. The minimum absolute atomic E-state index is 0.0621. The molecular weight excluding hydrogens is 773 g/mol.